The van der Waals surface area contributed by atoms with Gasteiger partial charge in [0.05, 0.1) is 6.54 Å². The fourth-order valence-electron chi connectivity index (χ4n) is 2.96. The summed E-state index contributed by atoms with van der Waals surface area (Å²) in [5.74, 6) is 1.17. The van der Waals surface area contributed by atoms with Gasteiger partial charge in [0.2, 0.25) is 5.91 Å². The SMILES string of the molecule is C[C@H]1SCCN(CC(=O)N(C)c2nccs2)[C@H]1c1ccccc1. The van der Waals surface area contributed by atoms with Gasteiger partial charge in [0.1, 0.15) is 0 Å². The van der Waals surface area contributed by atoms with Crippen LogP contribution in [-0.2, 0) is 4.79 Å². The van der Waals surface area contributed by atoms with E-state index < -0.39 is 0 Å². The van der Waals surface area contributed by atoms with Gasteiger partial charge in [-0.05, 0) is 5.56 Å². The summed E-state index contributed by atoms with van der Waals surface area (Å²) in [4.78, 5) is 20.8. The normalized spacial score (nSPS) is 22.0. The highest BCUT2D eigenvalue weighted by Gasteiger charge is 2.32. The maximum Gasteiger partial charge on any atom is 0.242 e. The highest BCUT2D eigenvalue weighted by Crippen LogP contribution is 2.35. The number of nitrogens with zero attached hydrogens (tertiary/aromatic N) is 3. The van der Waals surface area contributed by atoms with E-state index in [2.05, 4.69) is 41.1 Å². The third-order valence-electron chi connectivity index (χ3n) is 4.16. The number of likely N-dealkylation sites (N-methyl/N-ethyl adjacent to an activating group) is 1. The number of aromatic nitrogens is 1. The third-order valence-corrected chi connectivity index (χ3v) is 6.21. The first-order chi connectivity index (χ1) is 11.2. The van der Waals surface area contributed by atoms with Crippen molar-refractivity contribution in [1.82, 2.24) is 9.88 Å². The Kier molecular flexibility index (Phi) is 5.35. The number of carbonyl (C=O) groups excluding carboxylic acids is 1. The lowest BCUT2D eigenvalue weighted by molar-refractivity contribution is -0.120. The summed E-state index contributed by atoms with van der Waals surface area (Å²) >= 11 is 3.47. The zero-order valence-electron chi connectivity index (χ0n) is 13.4. The number of hydrogen-bond acceptors (Lipinski definition) is 5. The molecule has 0 unspecified atom stereocenters. The zero-order chi connectivity index (χ0) is 16.2. The smallest absolute Gasteiger partial charge is 0.242 e. The van der Waals surface area contributed by atoms with E-state index in [1.54, 1.807) is 18.1 Å². The van der Waals surface area contributed by atoms with Crippen LogP contribution in [0.25, 0.3) is 0 Å². The highest BCUT2D eigenvalue weighted by molar-refractivity contribution is 8.00. The Morgan fingerprint density at radius 1 is 1.39 bits per heavy atom. The zero-order valence-corrected chi connectivity index (χ0v) is 15.0. The molecule has 1 amide bonds. The molecule has 0 saturated carbocycles. The van der Waals surface area contributed by atoms with Crippen molar-refractivity contribution in [1.29, 1.82) is 0 Å². The summed E-state index contributed by atoms with van der Waals surface area (Å²) in [6, 6.07) is 10.8. The summed E-state index contributed by atoms with van der Waals surface area (Å²) in [5.41, 5.74) is 1.29. The van der Waals surface area contributed by atoms with Gasteiger partial charge in [-0.15, -0.1) is 11.3 Å². The van der Waals surface area contributed by atoms with E-state index in [-0.39, 0.29) is 11.9 Å². The molecule has 4 nitrogen and oxygen atoms in total. The molecule has 3 rings (SSSR count). The van der Waals surface area contributed by atoms with E-state index in [0.29, 0.717) is 11.8 Å². The molecular formula is C17H21N3OS2. The molecule has 23 heavy (non-hydrogen) atoms. The number of benzene rings is 1. The number of rotatable bonds is 4. The summed E-state index contributed by atoms with van der Waals surface area (Å²) in [6.45, 7) is 3.62. The molecule has 1 aliphatic rings. The monoisotopic (exact) mass is 347 g/mol. The molecule has 1 saturated heterocycles. The van der Waals surface area contributed by atoms with Gasteiger partial charge in [-0.25, -0.2) is 4.98 Å². The molecule has 0 spiro atoms. The van der Waals surface area contributed by atoms with Crippen molar-refractivity contribution in [3.8, 4) is 0 Å². The standard InChI is InChI=1S/C17H21N3OS2/c1-13-16(14-6-4-3-5-7-14)20(9-11-22-13)12-15(21)19(2)17-18-8-10-23-17/h3-8,10,13,16H,9,11-12H2,1-2H3/t13-,16-/m1/s1. The molecule has 0 N–H and O–H groups in total. The molecule has 1 aliphatic heterocycles. The molecule has 6 heteroatoms. The lowest BCUT2D eigenvalue weighted by atomic mass is 10.0. The van der Waals surface area contributed by atoms with Crippen LogP contribution in [0.1, 0.15) is 18.5 Å². The maximum absolute atomic E-state index is 12.6. The van der Waals surface area contributed by atoms with Crippen molar-refractivity contribution in [3.63, 3.8) is 0 Å². The van der Waals surface area contributed by atoms with Crippen LogP contribution in [0.4, 0.5) is 5.13 Å². The maximum atomic E-state index is 12.6. The first-order valence-corrected chi connectivity index (χ1v) is 9.66. The third kappa shape index (κ3) is 3.76. The van der Waals surface area contributed by atoms with E-state index in [4.69, 9.17) is 0 Å². The Balaban J connectivity index is 1.75. The predicted molar refractivity (Wildman–Crippen MR) is 98.2 cm³/mol. The van der Waals surface area contributed by atoms with Crippen LogP contribution >= 0.6 is 23.1 Å². The van der Waals surface area contributed by atoms with Crippen molar-refractivity contribution in [2.75, 3.05) is 30.8 Å². The van der Waals surface area contributed by atoms with Gasteiger partial charge in [0, 0.05) is 42.2 Å². The van der Waals surface area contributed by atoms with Gasteiger partial charge in [0.25, 0.3) is 0 Å². The summed E-state index contributed by atoms with van der Waals surface area (Å²) in [7, 11) is 1.81. The van der Waals surface area contributed by atoms with Crippen LogP contribution in [0.3, 0.4) is 0 Å². The van der Waals surface area contributed by atoms with Crippen molar-refractivity contribution in [2.24, 2.45) is 0 Å². The Morgan fingerprint density at radius 2 is 2.17 bits per heavy atom. The van der Waals surface area contributed by atoms with E-state index in [1.807, 2.05) is 23.2 Å². The molecule has 2 atom stereocenters. The van der Waals surface area contributed by atoms with Gasteiger partial charge >= 0.3 is 0 Å². The van der Waals surface area contributed by atoms with Crippen LogP contribution in [0, 0.1) is 0 Å². The minimum Gasteiger partial charge on any atom is -0.290 e. The van der Waals surface area contributed by atoms with Gasteiger partial charge in [-0.2, -0.15) is 11.8 Å². The fraction of sp³-hybridized carbons (Fsp3) is 0.412. The molecule has 122 valence electrons. The molecule has 2 heterocycles. The van der Waals surface area contributed by atoms with Crippen LogP contribution in [0.2, 0.25) is 0 Å². The lowest BCUT2D eigenvalue weighted by Gasteiger charge is -2.40. The van der Waals surface area contributed by atoms with Crippen molar-refractivity contribution < 1.29 is 4.79 Å². The number of carbonyl (C=O) groups is 1. The number of thiazole rings is 1. The number of hydrogen-bond donors (Lipinski definition) is 0. The van der Waals surface area contributed by atoms with Gasteiger partial charge in [0.15, 0.2) is 5.13 Å². The first-order valence-electron chi connectivity index (χ1n) is 7.73. The summed E-state index contributed by atoms with van der Waals surface area (Å²) in [6.07, 6.45) is 1.73. The van der Waals surface area contributed by atoms with Crippen molar-refractivity contribution in [3.05, 3.63) is 47.5 Å². The Hall–Kier alpha value is -1.37. The molecule has 1 fully saturated rings. The minimum atomic E-state index is 0.0972. The largest absolute Gasteiger partial charge is 0.290 e. The van der Waals surface area contributed by atoms with Crippen molar-refractivity contribution >= 4 is 34.1 Å². The van der Waals surface area contributed by atoms with Gasteiger partial charge in [-0.1, -0.05) is 37.3 Å². The van der Waals surface area contributed by atoms with Crippen molar-refractivity contribution in [2.45, 2.75) is 18.2 Å². The van der Waals surface area contributed by atoms with Crippen LogP contribution in [0.5, 0.6) is 0 Å². The average Bonchev–Trinajstić information content (AvgIpc) is 3.09. The molecule has 0 aliphatic carbocycles. The Labute approximate surface area is 145 Å². The molecule has 1 aromatic carbocycles. The van der Waals surface area contributed by atoms with E-state index >= 15 is 0 Å². The Morgan fingerprint density at radius 3 is 2.87 bits per heavy atom. The second kappa shape index (κ2) is 7.47. The number of anilines is 1. The van der Waals surface area contributed by atoms with E-state index in [9.17, 15) is 4.79 Å². The molecule has 0 bridgehead atoms. The second-order valence-electron chi connectivity index (χ2n) is 5.67. The van der Waals surface area contributed by atoms with E-state index in [0.717, 1.165) is 17.4 Å². The second-order valence-corrected chi connectivity index (χ2v) is 8.03. The molecule has 2 aromatic rings. The average molecular weight is 348 g/mol. The Bertz CT molecular complexity index is 633. The fourth-order valence-corrected chi connectivity index (χ4v) is 4.81. The number of amides is 1. The molecule has 0 radical (unpaired) electrons. The lowest BCUT2D eigenvalue weighted by Crippen LogP contribution is -2.46. The van der Waals surface area contributed by atoms with E-state index in [1.165, 1.54) is 16.9 Å². The number of thioether (sulfide) groups is 1. The summed E-state index contributed by atoms with van der Waals surface area (Å²) in [5, 5.41) is 3.13. The molecular weight excluding hydrogens is 326 g/mol. The van der Waals surface area contributed by atoms with Crippen LogP contribution in [0.15, 0.2) is 41.9 Å². The van der Waals surface area contributed by atoms with Crippen LogP contribution < -0.4 is 4.90 Å². The van der Waals surface area contributed by atoms with Gasteiger partial charge in [-0.3, -0.25) is 14.6 Å². The molecule has 1 aromatic heterocycles. The first kappa shape index (κ1) is 16.5. The van der Waals surface area contributed by atoms with Gasteiger partial charge < -0.3 is 0 Å². The highest BCUT2D eigenvalue weighted by atomic mass is 32.2. The minimum absolute atomic E-state index is 0.0972. The quantitative estimate of drug-likeness (QED) is 0.850. The van der Waals surface area contributed by atoms with Crippen LogP contribution in [-0.4, -0.2) is 46.9 Å². The predicted octanol–water partition coefficient (Wildman–Crippen LogP) is 3.28. The topological polar surface area (TPSA) is 36.4 Å². The summed E-state index contributed by atoms with van der Waals surface area (Å²) < 4.78 is 0.